The number of unbranched alkanes of at least 4 members (excludes halogenated alkanes) is 2. The summed E-state index contributed by atoms with van der Waals surface area (Å²) >= 11 is 0. The molecule has 0 spiro atoms. The van der Waals surface area contributed by atoms with Crippen molar-refractivity contribution in [2.45, 2.75) is 85.0 Å². The van der Waals surface area contributed by atoms with Gasteiger partial charge in [-0.15, -0.1) is 0 Å². The first kappa shape index (κ1) is 20.8. The zero-order valence-electron chi connectivity index (χ0n) is 16.9. The van der Waals surface area contributed by atoms with Crippen LogP contribution in [0.3, 0.4) is 0 Å². The number of aryl methyl sites for hydroxylation is 1. The van der Waals surface area contributed by atoms with Crippen molar-refractivity contribution in [3.8, 4) is 0 Å². The third-order valence-electron chi connectivity index (χ3n) is 4.44. The molecule has 0 radical (unpaired) electrons. The number of hydrogen-bond donors (Lipinski definition) is 2. The van der Waals surface area contributed by atoms with Gasteiger partial charge in [0.15, 0.2) is 0 Å². The van der Waals surface area contributed by atoms with E-state index in [0.717, 1.165) is 37.9 Å². The summed E-state index contributed by atoms with van der Waals surface area (Å²) in [6, 6.07) is 4.64. The number of rotatable bonds is 6. The van der Waals surface area contributed by atoms with E-state index >= 15 is 0 Å². The first-order valence-electron chi connectivity index (χ1n) is 9.28. The van der Waals surface area contributed by atoms with E-state index in [-0.39, 0.29) is 10.8 Å². The highest BCUT2D eigenvalue weighted by Crippen LogP contribution is 2.36. The van der Waals surface area contributed by atoms with Crippen LogP contribution in [0.2, 0.25) is 0 Å². The van der Waals surface area contributed by atoms with Gasteiger partial charge in [-0.2, -0.15) is 0 Å². The van der Waals surface area contributed by atoms with Gasteiger partial charge in [-0.1, -0.05) is 65.7 Å². The summed E-state index contributed by atoms with van der Waals surface area (Å²) in [5.41, 5.74) is 18.5. The molecule has 4 N–H and O–H groups in total. The van der Waals surface area contributed by atoms with Gasteiger partial charge in [0.25, 0.3) is 0 Å². The van der Waals surface area contributed by atoms with Crippen LogP contribution in [0.5, 0.6) is 0 Å². The second-order valence-electron chi connectivity index (χ2n) is 9.09. The van der Waals surface area contributed by atoms with Crippen LogP contribution in [-0.2, 0) is 10.8 Å². The van der Waals surface area contributed by atoms with Crippen molar-refractivity contribution in [1.82, 2.24) is 0 Å². The zero-order chi connectivity index (χ0) is 18.5. The maximum atomic E-state index is 6.38. The summed E-state index contributed by atoms with van der Waals surface area (Å²) in [5.74, 6) is 0. The fraction of sp³-hybridized carbons (Fsp3) is 0.636. The average molecular weight is 331 g/mol. The van der Waals surface area contributed by atoms with Crippen molar-refractivity contribution in [2.24, 2.45) is 11.5 Å². The van der Waals surface area contributed by atoms with E-state index in [1.165, 1.54) is 22.3 Å². The van der Waals surface area contributed by atoms with Crippen LogP contribution in [0.15, 0.2) is 17.8 Å². The smallest absolute Gasteiger partial charge is 0.00866 e. The minimum atomic E-state index is 0.0949. The predicted octanol–water partition coefficient (Wildman–Crippen LogP) is 5.41. The molecule has 0 bridgehead atoms. The maximum Gasteiger partial charge on any atom is 0.00866 e. The lowest BCUT2D eigenvalue weighted by Crippen LogP contribution is -2.20. The molecule has 0 fully saturated rings. The highest BCUT2D eigenvalue weighted by Gasteiger charge is 2.25. The number of benzene rings is 1. The molecule has 0 aliphatic carbocycles. The summed E-state index contributed by atoms with van der Waals surface area (Å²) in [7, 11) is 0. The lowest BCUT2D eigenvalue weighted by molar-refractivity contribution is 0.565. The maximum absolute atomic E-state index is 6.38. The van der Waals surface area contributed by atoms with Crippen molar-refractivity contribution in [2.75, 3.05) is 6.54 Å². The van der Waals surface area contributed by atoms with Gasteiger partial charge in [-0.25, -0.2) is 0 Å². The summed E-state index contributed by atoms with van der Waals surface area (Å²) in [6.07, 6.45) is 6.51. The van der Waals surface area contributed by atoms with Crippen LogP contribution in [0, 0.1) is 6.92 Å². The van der Waals surface area contributed by atoms with E-state index in [1.807, 2.05) is 0 Å². The van der Waals surface area contributed by atoms with Crippen molar-refractivity contribution < 1.29 is 0 Å². The van der Waals surface area contributed by atoms with Crippen LogP contribution < -0.4 is 11.5 Å². The molecule has 24 heavy (non-hydrogen) atoms. The van der Waals surface area contributed by atoms with Gasteiger partial charge in [-0.3, -0.25) is 0 Å². The minimum absolute atomic E-state index is 0.0949. The second-order valence-corrected chi connectivity index (χ2v) is 9.09. The molecule has 0 saturated carbocycles. The van der Waals surface area contributed by atoms with Crippen molar-refractivity contribution in [3.63, 3.8) is 0 Å². The third-order valence-corrected chi connectivity index (χ3v) is 4.44. The molecule has 1 aromatic rings. The Hall–Kier alpha value is -1.28. The fourth-order valence-corrected chi connectivity index (χ4v) is 3.10. The van der Waals surface area contributed by atoms with E-state index in [0.29, 0.717) is 0 Å². The number of nitrogens with two attached hydrogens (primary N) is 2. The largest absolute Gasteiger partial charge is 0.402 e. The first-order valence-corrected chi connectivity index (χ1v) is 9.28. The number of hydrogen-bond acceptors (Lipinski definition) is 2. The van der Waals surface area contributed by atoms with E-state index in [2.05, 4.69) is 66.7 Å². The van der Waals surface area contributed by atoms with E-state index < -0.39 is 0 Å². The Morgan fingerprint density at radius 2 is 1.42 bits per heavy atom. The van der Waals surface area contributed by atoms with Gasteiger partial charge in [0.05, 0.1) is 0 Å². The summed E-state index contributed by atoms with van der Waals surface area (Å²) in [4.78, 5) is 0. The molecule has 0 aliphatic heterocycles. The zero-order valence-corrected chi connectivity index (χ0v) is 16.9. The standard InChI is InChI=1S/C22H38N2/c1-16-13-19(21(2,3)4)18(20(14-16)22(5,6)7)15-17(24)11-9-8-10-12-23/h13-15H,8-12,23-24H2,1-7H3. The average Bonchev–Trinajstić information content (AvgIpc) is 2.43. The molecule has 1 aromatic carbocycles. The Morgan fingerprint density at radius 1 is 0.917 bits per heavy atom. The topological polar surface area (TPSA) is 52.0 Å². The Kier molecular flexibility index (Phi) is 7.10. The molecule has 0 amide bonds. The van der Waals surface area contributed by atoms with Gasteiger partial charge in [-0.05, 0) is 66.3 Å². The summed E-state index contributed by atoms with van der Waals surface area (Å²) in [6.45, 7) is 16.6. The normalized spacial score (nSPS) is 13.4. The molecule has 1 rings (SSSR count). The number of allylic oxidation sites excluding steroid dienone is 1. The fourth-order valence-electron chi connectivity index (χ4n) is 3.10. The highest BCUT2D eigenvalue weighted by atomic mass is 14.6. The Morgan fingerprint density at radius 3 is 1.83 bits per heavy atom. The molecule has 0 aliphatic rings. The van der Waals surface area contributed by atoms with Crippen molar-refractivity contribution in [1.29, 1.82) is 0 Å². The van der Waals surface area contributed by atoms with Gasteiger partial charge in [0.2, 0.25) is 0 Å². The molecular weight excluding hydrogens is 292 g/mol. The molecule has 2 nitrogen and oxygen atoms in total. The van der Waals surface area contributed by atoms with Crippen LogP contribution in [0.4, 0.5) is 0 Å². The lowest BCUT2D eigenvalue weighted by Gasteiger charge is -2.30. The van der Waals surface area contributed by atoms with Crippen molar-refractivity contribution >= 4 is 6.08 Å². The molecule has 0 atom stereocenters. The minimum Gasteiger partial charge on any atom is -0.402 e. The molecular formula is C22H38N2. The Labute approximate surface area is 149 Å². The third kappa shape index (κ3) is 5.98. The monoisotopic (exact) mass is 330 g/mol. The molecule has 0 unspecified atom stereocenters. The molecule has 0 heterocycles. The summed E-state index contributed by atoms with van der Waals surface area (Å²) in [5, 5.41) is 0. The van der Waals surface area contributed by atoms with Gasteiger partial charge >= 0.3 is 0 Å². The molecule has 0 aromatic heterocycles. The molecule has 136 valence electrons. The van der Waals surface area contributed by atoms with Crippen LogP contribution in [0.1, 0.15) is 89.5 Å². The SMILES string of the molecule is Cc1cc(C(C)(C)C)c(C=C(N)CCCCCN)c(C(C)(C)C)c1. The first-order chi connectivity index (χ1) is 11.0. The van der Waals surface area contributed by atoms with Gasteiger partial charge in [0, 0.05) is 5.70 Å². The van der Waals surface area contributed by atoms with Gasteiger partial charge in [0.1, 0.15) is 0 Å². The van der Waals surface area contributed by atoms with Crippen LogP contribution >= 0.6 is 0 Å². The van der Waals surface area contributed by atoms with E-state index in [9.17, 15) is 0 Å². The Bertz CT molecular complexity index is 534. The van der Waals surface area contributed by atoms with Crippen molar-refractivity contribution in [3.05, 3.63) is 40.1 Å². The van der Waals surface area contributed by atoms with E-state index in [4.69, 9.17) is 11.5 Å². The molecule has 2 heteroatoms. The highest BCUT2D eigenvalue weighted by molar-refractivity contribution is 5.64. The Balaban J connectivity index is 3.32. The lowest BCUT2D eigenvalue weighted by atomic mass is 9.75. The predicted molar refractivity (Wildman–Crippen MR) is 108 cm³/mol. The quantitative estimate of drug-likeness (QED) is 0.685. The van der Waals surface area contributed by atoms with Crippen LogP contribution in [0.25, 0.3) is 6.08 Å². The molecule has 0 saturated heterocycles. The van der Waals surface area contributed by atoms with E-state index in [1.54, 1.807) is 0 Å². The second kappa shape index (κ2) is 8.20. The summed E-state index contributed by atoms with van der Waals surface area (Å²) < 4.78 is 0. The van der Waals surface area contributed by atoms with Crippen LogP contribution in [-0.4, -0.2) is 6.54 Å². The van der Waals surface area contributed by atoms with Gasteiger partial charge < -0.3 is 11.5 Å².